The summed E-state index contributed by atoms with van der Waals surface area (Å²) in [5.41, 5.74) is 6.45. The van der Waals surface area contributed by atoms with Crippen LogP contribution in [0.15, 0.2) is 85.5 Å². The smallest absolute Gasteiger partial charge is 0.356 e. The van der Waals surface area contributed by atoms with Gasteiger partial charge in [-0.3, -0.25) is 14.4 Å². The monoisotopic (exact) mass is 847 g/mol. The van der Waals surface area contributed by atoms with Crippen molar-refractivity contribution in [3.63, 3.8) is 0 Å². The number of aromatic nitrogens is 8. The van der Waals surface area contributed by atoms with Crippen molar-refractivity contribution in [1.29, 1.82) is 0 Å². The third kappa shape index (κ3) is 9.47. The van der Waals surface area contributed by atoms with Crippen LogP contribution >= 0.6 is 0 Å². The number of esters is 1. The van der Waals surface area contributed by atoms with Crippen molar-refractivity contribution < 1.29 is 34.1 Å². The van der Waals surface area contributed by atoms with Crippen LogP contribution in [0.25, 0.3) is 34.4 Å². The van der Waals surface area contributed by atoms with Crippen molar-refractivity contribution >= 4 is 23.7 Å². The molecule has 6 aromatic rings. The molecule has 2 atom stereocenters. The molecule has 2 saturated heterocycles. The molecular formula is C45H41N11O7. The average Bonchev–Trinajstić information content (AvgIpc) is 4.06. The quantitative estimate of drug-likeness (QED) is 0.161. The SMILES string of the molecule is COC(=O)c1cc(-n2cc(C)cn2)nc(-c2cccc(C#C[C@]3(O)CCN(C)C3=O)c2)n1.Cc1cnn(-c2cc(C(N)=O)nc(-c3cccc(C#C[C@]4(O)CCN(C)C4=O)c3)n2)c1. The number of carbonyl (C=O) groups is 4. The van der Waals surface area contributed by atoms with E-state index in [1.807, 2.05) is 13.8 Å². The molecule has 0 unspecified atom stereocenters. The molecule has 2 aromatic carbocycles. The molecule has 0 radical (unpaired) electrons. The van der Waals surface area contributed by atoms with E-state index in [0.717, 1.165) is 11.1 Å². The molecule has 8 rings (SSSR count). The van der Waals surface area contributed by atoms with Gasteiger partial charge in [0.05, 0.1) is 19.5 Å². The second-order valence-corrected chi connectivity index (χ2v) is 15.0. The molecule has 63 heavy (non-hydrogen) atoms. The summed E-state index contributed by atoms with van der Waals surface area (Å²) in [7, 11) is 4.54. The number of aliphatic hydroxyl groups is 2. The number of likely N-dealkylation sites (N-methyl/N-ethyl adjacent to an activating group) is 2. The average molecular weight is 848 g/mol. The third-order valence-corrected chi connectivity index (χ3v) is 10.1. The van der Waals surface area contributed by atoms with Gasteiger partial charge >= 0.3 is 5.97 Å². The maximum atomic E-state index is 12.2. The fourth-order valence-corrected chi connectivity index (χ4v) is 6.54. The lowest BCUT2D eigenvalue weighted by Gasteiger charge is -2.13. The number of ether oxygens (including phenoxy) is 1. The number of hydrogen-bond donors (Lipinski definition) is 3. The number of primary amides is 1. The van der Waals surface area contributed by atoms with Crippen LogP contribution in [0, 0.1) is 37.5 Å². The standard InChI is InChI=1S/C23H21N5O4.C22H20N6O3/c1-15-13-24-28(14-15)19-12-18(21(29)32-3)25-20(26-19)17-6-4-5-16(11-17)7-8-23(31)9-10-27(2)22(23)30;1-14-12-24-28(13-14)18-11-17(19(23)29)25-20(26-18)16-5-3-4-15(10-16)6-7-22(31)8-9-27(2)21(22)30/h4-6,11-14,31H,9-10H2,1-3H3;3-5,10-13,31H,8-9H2,1-2H3,(H2,23,29)/t23-;22-/m00/s1. The summed E-state index contributed by atoms with van der Waals surface area (Å²) in [5.74, 6) is 10.4. The van der Waals surface area contributed by atoms with Gasteiger partial charge in [-0.25, -0.2) is 34.1 Å². The van der Waals surface area contributed by atoms with Crippen molar-refractivity contribution in [2.45, 2.75) is 37.9 Å². The van der Waals surface area contributed by atoms with Crippen molar-refractivity contribution in [3.05, 3.63) is 119 Å². The molecular weight excluding hydrogens is 807 g/mol. The first kappa shape index (κ1) is 43.0. The van der Waals surface area contributed by atoms with Crippen molar-refractivity contribution in [1.82, 2.24) is 49.3 Å². The maximum Gasteiger partial charge on any atom is 0.356 e. The highest BCUT2D eigenvalue weighted by Gasteiger charge is 2.43. The Kier molecular flexibility index (Phi) is 12.0. The molecule has 0 saturated carbocycles. The van der Waals surface area contributed by atoms with E-state index in [0.29, 0.717) is 47.0 Å². The van der Waals surface area contributed by atoms with Gasteiger partial charge in [-0.2, -0.15) is 10.2 Å². The molecule has 0 aliphatic carbocycles. The zero-order valence-corrected chi connectivity index (χ0v) is 34.9. The van der Waals surface area contributed by atoms with E-state index in [9.17, 15) is 29.4 Å². The van der Waals surface area contributed by atoms with E-state index in [1.165, 1.54) is 33.7 Å². The molecule has 2 aliphatic rings. The minimum Gasteiger partial charge on any atom is -0.464 e. The second kappa shape index (κ2) is 17.5. The first-order valence-corrected chi connectivity index (χ1v) is 19.5. The van der Waals surface area contributed by atoms with Crippen molar-refractivity contribution in [2.24, 2.45) is 5.73 Å². The number of likely N-dealkylation sites (tertiary alicyclic amines) is 2. The number of nitrogens with two attached hydrogens (primary N) is 1. The topological polar surface area (TPSA) is 238 Å². The van der Waals surface area contributed by atoms with Crippen molar-refractivity contribution in [3.8, 4) is 58.1 Å². The predicted molar refractivity (Wildman–Crippen MR) is 227 cm³/mol. The van der Waals surface area contributed by atoms with Crippen LogP contribution in [0.2, 0.25) is 0 Å². The molecule has 2 aliphatic heterocycles. The predicted octanol–water partition coefficient (Wildman–Crippen LogP) is 2.05. The van der Waals surface area contributed by atoms with Gasteiger partial charge in [-0.05, 0) is 49.2 Å². The van der Waals surface area contributed by atoms with E-state index < -0.39 is 34.9 Å². The zero-order valence-electron chi connectivity index (χ0n) is 34.9. The number of methoxy groups -OCH3 is 1. The highest BCUT2D eigenvalue weighted by Crippen LogP contribution is 2.24. The van der Waals surface area contributed by atoms with E-state index in [2.05, 4.69) is 53.8 Å². The molecule has 18 heteroatoms. The molecule has 0 bridgehead atoms. The highest BCUT2D eigenvalue weighted by molar-refractivity contribution is 5.92. The fraction of sp³-hybridized carbons (Fsp3) is 0.244. The molecule has 0 spiro atoms. The number of rotatable bonds is 6. The van der Waals surface area contributed by atoms with Crippen LogP contribution in [0.5, 0.6) is 0 Å². The summed E-state index contributed by atoms with van der Waals surface area (Å²) in [6, 6.07) is 17.0. The summed E-state index contributed by atoms with van der Waals surface area (Å²) in [5, 5.41) is 29.5. The minimum atomic E-state index is -1.68. The number of benzene rings is 2. The molecule has 4 N–H and O–H groups in total. The second-order valence-electron chi connectivity index (χ2n) is 15.0. The summed E-state index contributed by atoms with van der Waals surface area (Å²) in [6.45, 7) is 4.70. The number of nitrogens with zero attached hydrogens (tertiary/aromatic N) is 10. The van der Waals surface area contributed by atoms with Gasteiger partial charge in [0.15, 0.2) is 29.0 Å². The minimum absolute atomic E-state index is 0.0542. The van der Waals surface area contributed by atoms with Crippen LogP contribution in [-0.4, -0.2) is 129 Å². The van der Waals surface area contributed by atoms with Gasteiger partial charge in [0.25, 0.3) is 17.7 Å². The summed E-state index contributed by atoms with van der Waals surface area (Å²) < 4.78 is 7.91. The Morgan fingerprint density at radius 1 is 0.698 bits per heavy atom. The maximum absolute atomic E-state index is 12.2. The zero-order chi connectivity index (χ0) is 45.1. The largest absolute Gasteiger partial charge is 0.464 e. The molecule has 4 aromatic heterocycles. The van der Waals surface area contributed by atoms with Crippen LogP contribution < -0.4 is 5.73 Å². The van der Waals surface area contributed by atoms with Crippen LogP contribution in [0.4, 0.5) is 0 Å². The van der Waals surface area contributed by atoms with Gasteiger partial charge in [-0.15, -0.1) is 0 Å². The molecule has 3 amide bonds. The van der Waals surface area contributed by atoms with Crippen LogP contribution in [0.1, 0.15) is 56.1 Å². The van der Waals surface area contributed by atoms with E-state index in [4.69, 9.17) is 10.5 Å². The van der Waals surface area contributed by atoms with Crippen LogP contribution in [0.3, 0.4) is 0 Å². The van der Waals surface area contributed by atoms with Gasteiger partial charge in [0.1, 0.15) is 5.69 Å². The lowest BCUT2D eigenvalue weighted by atomic mass is 10.0. The Bertz CT molecular complexity index is 2920. The van der Waals surface area contributed by atoms with E-state index in [-0.39, 0.29) is 35.9 Å². The van der Waals surface area contributed by atoms with Crippen molar-refractivity contribution in [2.75, 3.05) is 34.3 Å². The van der Waals surface area contributed by atoms with Gasteiger partial charge in [0.2, 0.25) is 11.2 Å². The molecule has 6 heterocycles. The van der Waals surface area contributed by atoms with Crippen LogP contribution in [-0.2, 0) is 14.3 Å². The number of carbonyl (C=O) groups excluding carboxylic acids is 4. The summed E-state index contributed by atoms with van der Waals surface area (Å²) in [4.78, 5) is 68.8. The first-order valence-electron chi connectivity index (χ1n) is 19.5. The number of hydrogen-bond acceptors (Lipinski definition) is 13. The lowest BCUT2D eigenvalue weighted by molar-refractivity contribution is -0.138. The van der Waals surface area contributed by atoms with Gasteiger partial charge in [-0.1, -0.05) is 47.9 Å². The van der Waals surface area contributed by atoms with E-state index in [1.54, 1.807) is 92.1 Å². The Labute approximate surface area is 361 Å². The Morgan fingerprint density at radius 2 is 1.14 bits per heavy atom. The fourth-order valence-electron chi connectivity index (χ4n) is 6.54. The number of amides is 3. The normalized spacial score (nSPS) is 17.9. The van der Waals surface area contributed by atoms with Gasteiger partial charge in [0, 0.05) is 86.8 Å². The Hall–Kier alpha value is -8.06. The molecule has 2 fully saturated rings. The molecule has 318 valence electrons. The van der Waals surface area contributed by atoms with E-state index >= 15 is 0 Å². The summed E-state index contributed by atoms with van der Waals surface area (Å²) in [6.07, 6.45) is 7.43. The number of aryl methyl sites for hydroxylation is 2. The summed E-state index contributed by atoms with van der Waals surface area (Å²) >= 11 is 0. The lowest BCUT2D eigenvalue weighted by Crippen LogP contribution is -2.37. The third-order valence-electron chi connectivity index (χ3n) is 10.1. The Morgan fingerprint density at radius 3 is 1.52 bits per heavy atom. The Balaban J connectivity index is 0.000000189. The molecule has 18 nitrogen and oxygen atoms in total. The highest BCUT2D eigenvalue weighted by atomic mass is 16.5. The van der Waals surface area contributed by atoms with Gasteiger partial charge < -0.3 is 30.5 Å². The first-order chi connectivity index (χ1) is 30.0.